The number of halogens is 3. The minimum Gasteiger partial charge on any atom is -0.481 e. The van der Waals surface area contributed by atoms with Gasteiger partial charge in [-0.05, 0) is 30.7 Å². The minimum absolute atomic E-state index is 0.0182. The molecule has 19 nitrogen and oxygen atoms in total. The molecule has 1 aromatic rings. The third kappa shape index (κ3) is 8.52. The summed E-state index contributed by atoms with van der Waals surface area (Å²) in [5.74, 6) is -7.55. The topological polar surface area (TPSA) is 265 Å². The lowest BCUT2D eigenvalue weighted by Crippen LogP contribution is -2.67. The number of anilines is 1. The summed E-state index contributed by atoms with van der Waals surface area (Å²) in [6, 6.07) is -5.30. The van der Waals surface area contributed by atoms with Crippen LogP contribution in [0, 0.1) is 10.8 Å². The van der Waals surface area contributed by atoms with Crippen LogP contribution in [-0.4, -0.2) is 141 Å². The standard InChI is InChI=1S/C37H48Cl3N7O12/c1-35(2,3)27-32(55)47-19(10-15(38)13-41-47)29(52)42-18(14-58-5)28(51)43-25(21(48)11-22(49)50)31(54)46-20(30(53)45-26(33(56)59-27)36(4)8-9-36)12-37(57)16-6-7-17(39)23(40)24(16)44-34(37)46/h6-7,15,18-21,25-27,34,41,44,48,57H,8-14H2,1-5H3,(H,42,52)(H,43,51)(H,45,53)(H,49,50)/t15-,18+,19+,20+,21-,25-,26+,27-,34+,37-/m1/s1. The number of hydrogen-bond acceptors (Lipinski definition) is 13. The zero-order chi connectivity index (χ0) is 43.5. The number of esters is 1. The molecule has 22 heteroatoms. The van der Waals surface area contributed by atoms with E-state index in [1.807, 2.05) is 0 Å². The average molecular weight is 889 g/mol. The van der Waals surface area contributed by atoms with Crippen LogP contribution in [-0.2, 0) is 48.6 Å². The van der Waals surface area contributed by atoms with E-state index in [4.69, 9.17) is 44.3 Å². The predicted octanol–water partition coefficient (Wildman–Crippen LogP) is -0.0456. The molecule has 1 saturated carbocycles. The van der Waals surface area contributed by atoms with Crippen LogP contribution in [0.15, 0.2) is 12.1 Å². The average Bonchev–Trinajstić information content (AvgIpc) is 3.73. The van der Waals surface area contributed by atoms with E-state index in [2.05, 4.69) is 26.7 Å². The normalized spacial score (nSPS) is 33.1. The van der Waals surface area contributed by atoms with Crippen molar-refractivity contribution < 1.29 is 58.4 Å². The monoisotopic (exact) mass is 887 g/mol. The number of nitrogens with one attached hydrogen (secondary N) is 5. The van der Waals surface area contributed by atoms with E-state index in [9.17, 15) is 48.9 Å². The third-order valence-corrected chi connectivity index (χ3v) is 12.7. The van der Waals surface area contributed by atoms with Gasteiger partial charge in [-0.2, -0.15) is 0 Å². The molecular weight excluding hydrogens is 841 g/mol. The number of carbonyl (C=O) groups excluding carboxylic acids is 6. The van der Waals surface area contributed by atoms with Crippen LogP contribution in [0.4, 0.5) is 5.69 Å². The van der Waals surface area contributed by atoms with E-state index in [1.165, 1.54) is 19.2 Å². The van der Waals surface area contributed by atoms with E-state index in [0.717, 1.165) is 9.91 Å². The fourth-order valence-electron chi connectivity index (χ4n) is 8.05. The number of aliphatic hydroxyl groups excluding tert-OH is 1. The molecule has 4 heterocycles. The molecule has 0 aromatic heterocycles. The van der Waals surface area contributed by atoms with E-state index in [1.54, 1.807) is 27.7 Å². The van der Waals surface area contributed by atoms with E-state index >= 15 is 0 Å². The molecule has 1 aromatic carbocycles. The molecule has 1 aliphatic carbocycles. The SMILES string of the molecule is COC[C@@H]1NC(=O)[C@@H]2C[C@@H](Cl)CNN2C(=O)[C@H](C(C)(C)C)OC(=O)[C@@H](C2(C)CC2)NC(=O)[C@@H]2C[C@@]3(O)c4ccc(Cl)c(Cl)c4N[C@H]3N2C(=O)[C@@H]([C@H](O)CC(=O)O)NC1=O. The number of methoxy groups -OCH3 is 1. The number of benzene rings is 1. The van der Waals surface area contributed by atoms with Crippen molar-refractivity contribution in [2.75, 3.05) is 25.6 Å². The van der Waals surface area contributed by atoms with Crippen molar-refractivity contribution in [2.45, 2.75) is 119 Å². The Labute approximate surface area is 354 Å². The molecule has 0 unspecified atom stereocenters. The maximum atomic E-state index is 14.9. The second kappa shape index (κ2) is 16.5. The van der Waals surface area contributed by atoms with Crippen LogP contribution in [0.5, 0.6) is 0 Å². The summed E-state index contributed by atoms with van der Waals surface area (Å²) in [6.45, 7) is 6.18. The lowest BCUT2D eigenvalue weighted by atomic mass is 9.87. The highest BCUT2D eigenvalue weighted by molar-refractivity contribution is 6.44. The molecule has 324 valence electrons. The van der Waals surface area contributed by atoms with Gasteiger partial charge in [0.15, 0.2) is 6.10 Å². The first-order valence-electron chi connectivity index (χ1n) is 19.0. The summed E-state index contributed by atoms with van der Waals surface area (Å²) in [7, 11) is 1.21. The Hall–Kier alpha value is -3.98. The zero-order valence-corrected chi connectivity index (χ0v) is 35.1. The first-order chi connectivity index (χ1) is 27.5. The number of nitrogens with zero attached hydrogens (tertiary/aromatic N) is 2. The van der Waals surface area contributed by atoms with Gasteiger partial charge in [0.1, 0.15) is 42.0 Å². The van der Waals surface area contributed by atoms with Gasteiger partial charge >= 0.3 is 11.9 Å². The molecule has 6 rings (SSSR count). The summed E-state index contributed by atoms with van der Waals surface area (Å²) in [5, 5.41) is 44.2. The van der Waals surface area contributed by atoms with Crippen molar-refractivity contribution in [1.82, 2.24) is 31.3 Å². The molecule has 5 aliphatic rings. The quantitative estimate of drug-likeness (QED) is 0.138. The van der Waals surface area contributed by atoms with Crippen LogP contribution in [0.3, 0.4) is 0 Å². The molecule has 4 fully saturated rings. The number of cyclic esters (lactones) is 1. The van der Waals surface area contributed by atoms with Crippen molar-refractivity contribution in [3.05, 3.63) is 27.7 Å². The highest BCUT2D eigenvalue weighted by Gasteiger charge is 2.63. The molecular formula is C37H48Cl3N7O12. The molecule has 5 amide bonds. The Bertz CT molecular complexity index is 1930. The fourth-order valence-corrected chi connectivity index (χ4v) is 8.66. The summed E-state index contributed by atoms with van der Waals surface area (Å²) in [4.78, 5) is 99.1. The number of alkyl halides is 1. The number of hydrazine groups is 1. The second-order valence-corrected chi connectivity index (χ2v) is 18.5. The van der Waals surface area contributed by atoms with Crippen molar-refractivity contribution in [2.24, 2.45) is 10.8 Å². The lowest BCUT2D eigenvalue weighted by Gasteiger charge is -2.42. The van der Waals surface area contributed by atoms with Gasteiger partial charge in [-0.1, -0.05) is 57.0 Å². The number of carboxylic acids is 1. The third-order valence-electron chi connectivity index (χ3n) is 11.6. The number of aliphatic carboxylic acids is 1. The van der Waals surface area contributed by atoms with Crippen molar-refractivity contribution in [3.63, 3.8) is 0 Å². The van der Waals surface area contributed by atoms with Crippen molar-refractivity contribution in [1.29, 1.82) is 0 Å². The summed E-state index contributed by atoms with van der Waals surface area (Å²) in [6.07, 6.45) is -5.97. The summed E-state index contributed by atoms with van der Waals surface area (Å²) in [5.41, 5.74) is -0.899. The largest absolute Gasteiger partial charge is 0.481 e. The van der Waals surface area contributed by atoms with Crippen LogP contribution < -0.4 is 26.7 Å². The van der Waals surface area contributed by atoms with Gasteiger partial charge in [-0.3, -0.25) is 33.8 Å². The van der Waals surface area contributed by atoms with Gasteiger partial charge in [0.05, 0.1) is 40.2 Å². The van der Waals surface area contributed by atoms with E-state index in [0.29, 0.717) is 12.8 Å². The first kappa shape index (κ1) is 44.6. The molecule has 59 heavy (non-hydrogen) atoms. The number of aliphatic hydroxyl groups is 2. The number of carboxylic acid groups (broad SMARTS) is 1. The number of rotatable bonds is 6. The number of carbonyl (C=O) groups is 7. The van der Waals surface area contributed by atoms with Crippen molar-refractivity contribution >= 4 is 82.0 Å². The molecule has 0 bridgehead atoms. The molecule has 10 atom stereocenters. The van der Waals surface area contributed by atoms with Crippen LogP contribution in [0.2, 0.25) is 10.0 Å². The number of ether oxygens (including phenoxy) is 2. The minimum atomic E-state index is -2.14. The van der Waals surface area contributed by atoms with Crippen LogP contribution >= 0.6 is 34.8 Å². The number of amides is 5. The van der Waals surface area contributed by atoms with Gasteiger partial charge in [0.2, 0.25) is 23.6 Å². The maximum Gasteiger partial charge on any atom is 0.330 e. The molecule has 3 saturated heterocycles. The Balaban J connectivity index is 1.49. The molecule has 8 N–H and O–H groups in total. The molecule has 4 aliphatic heterocycles. The molecule has 0 radical (unpaired) electrons. The fraction of sp³-hybridized carbons (Fsp3) is 0.649. The number of fused-ring (bicyclic) bond motifs is 6. The Morgan fingerprint density at radius 1 is 1.00 bits per heavy atom. The number of hydrogen-bond donors (Lipinski definition) is 8. The predicted molar refractivity (Wildman–Crippen MR) is 209 cm³/mol. The van der Waals surface area contributed by atoms with E-state index in [-0.39, 0.29) is 34.3 Å². The smallest absolute Gasteiger partial charge is 0.330 e. The zero-order valence-electron chi connectivity index (χ0n) is 32.8. The van der Waals surface area contributed by atoms with Gasteiger partial charge in [-0.15, -0.1) is 11.6 Å². The summed E-state index contributed by atoms with van der Waals surface area (Å²) >= 11 is 19.2. The highest BCUT2D eigenvalue weighted by Crippen LogP contribution is 2.53. The Morgan fingerprint density at radius 3 is 2.27 bits per heavy atom. The Morgan fingerprint density at radius 2 is 1.66 bits per heavy atom. The second-order valence-electron chi connectivity index (χ2n) is 17.1. The van der Waals surface area contributed by atoms with Crippen molar-refractivity contribution in [3.8, 4) is 0 Å². The van der Waals surface area contributed by atoms with Gasteiger partial charge in [-0.25, -0.2) is 10.2 Å². The molecule has 0 spiro atoms. The summed E-state index contributed by atoms with van der Waals surface area (Å²) < 4.78 is 11.2. The maximum absolute atomic E-state index is 14.9. The highest BCUT2D eigenvalue weighted by atomic mass is 35.5. The lowest BCUT2D eigenvalue weighted by molar-refractivity contribution is -0.176. The van der Waals surface area contributed by atoms with Gasteiger partial charge in [0.25, 0.3) is 5.91 Å². The first-order valence-corrected chi connectivity index (χ1v) is 20.2. The van der Waals surface area contributed by atoms with Crippen LogP contribution in [0.1, 0.15) is 65.4 Å². The van der Waals surface area contributed by atoms with Gasteiger partial charge < -0.3 is 51.0 Å². The van der Waals surface area contributed by atoms with Gasteiger partial charge in [0, 0.05) is 31.1 Å². The van der Waals surface area contributed by atoms with E-state index < -0.39 is 131 Å². The Kier molecular flexibility index (Phi) is 12.4. The van der Waals surface area contributed by atoms with Crippen LogP contribution in [0.25, 0.3) is 0 Å².